The van der Waals surface area contributed by atoms with Crippen LogP contribution in [0.4, 0.5) is 5.69 Å². The highest BCUT2D eigenvalue weighted by molar-refractivity contribution is 14.1. The zero-order chi connectivity index (χ0) is 15.2. The fourth-order valence-corrected chi connectivity index (χ4v) is 2.17. The van der Waals surface area contributed by atoms with E-state index in [4.69, 9.17) is 5.11 Å². The summed E-state index contributed by atoms with van der Waals surface area (Å²) < 4.78 is 1.08. The summed E-state index contributed by atoms with van der Waals surface area (Å²) in [6.45, 7) is 0. The van der Waals surface area contributed by atoms with E-state index in [2.05, 4.69) is 27.9 Å². The number of halogens is 1. The third-order valence-electron chi connectivity index (χ3n) is 2.95. The molecule has 0 aliphatic rings. The summed E-state index contributed by atoms with van der Waals surface area (Å²) in [4.78, 5) is 22.5. The molecule has 2 aromatic rings. The van der Waals surface area contributed by atoms with E-state index in [0.29, 0.717) is 17.7 Å². The van der Waals surface area contributed by atoms with Gasteiger partial charge in [-0.1, -0.05) is 12.1 Å². The molecule has 0 saturated carbocycles. The van der Waals surface area contributed by atoms with Crippen LogP contribution < -0.4 is 5.32 Å². The molecule has 0 aliphatic carbocycles. The number of carboxylic acid groups (broad SMARTS) is 1. The van der Waals surface area contributed by atoms with Gasteiger partial charge in [0.25, 0.3) is 5.91 Å². The number of aliphatic carboxylic acids is 1. The van der Waals surface area contributed by atoms with Crippen LogP contribution in [0.2, 0.25) is 0 Å². The van der Waals surface area contributed by atoms with Gasteiger partial charge in [0.15, 0.2) is 0 Å². The van der Waals surface area contributed by atoms with E-state index < -0.39 is 5.97 Å². The molecule has 0 heterocycles. The molecule has 0 spiro atoms. The molecule has 108 valence electrons. The fourth-order valence-electron chi connectivity index (χ4n) is 1.81. The van der Waals surface area contributed by atoms with Gasteiger partial charge >= 0.3 is 5.97 Å². The lowest BCUT2D eigenvalue weighted by Crippen LogP contribution is -2.11. The van der Waals surface area contributed by atoms with Gasteiger partial charge in [-0.2, -0.15) is 0 Å². The fraction of sp³-hybridized carbons (Fsp3) is 0.125. The van der Waals surface area contributed by atoms with Crippen LogP contribution in [0.3, 0.4) is 0 Å². The maximum absolute atomic E-state index is 12.0. The molecule has 2 rings (SSSR count). The molecule has 0 atom stereocenters. The summed E-state index contributed by atoms with van der Waals surface area (Å²) in [7, 11) is 0. The average molecular weight is 395 g/mol. The molecular formula is C16H14INO3. The maximum Gasteiger partial charge on any atom is 0.303 e. The molecule has 4 nitrogen and oxygen atoms in total. The van der Waals surface area contributed by atoms with Crippen molar-refractivity contribution in [2.75, 3.05) is 5.32 Å². The number of rotatable bonds is 5. The van der Waals surface area contributed by atoms with Gasteiger partial charge in [-0.25, -0.2) is 0 Å². The number of carbonyl (C=O) groups excluding carboxylic acids is 1. The number of nitrogens with one attached hydrogen (secondary N) is 1. The number of carboxylic acids is 1. The molecule has 0 radical (unpaired) electrons. The van der Waals surface area contributed by atoms with Crippen molar-refractivity contribution in [3.63, 3.8) is 0 Å². The number of carbonyl (C=O) groups is 2. The van der Waals surface area contributed by atoms with Crippen LogP contribution in [0.1, 0.15) is 22.3 Å². The van der Waals surface area contributed by atoms with Gasteiger partial charge in [0.1, 0.15) is 0 Å². The maximum atomic E-state index is 12.0. The Morgan fingerprint density at radius 1 is 1.00 bits per heavy atom. The highest BCUT2D eigenvalue weighted by Crippen LogP contribution is 2.13. The van der Waals surface area contributed by atoms with E-state index in [-0.39, 0.29) is 12.3 Å². The quantitative estimate of drug-likeness (QED) is 0.761. The largest absolute Gasteiger partial charge is 0.481 e. The van der Waals surface area contributed by atoms with Crippen LogP contribution in [0.5, 0.6) is 0 Å². The van der Waals surface area contributed by atoms with E-state index in [1.165, 1.54) is 0 Å². The average Bonchev–Trinajstić information content (AvgIpc) is 2.47. The van der Waals surface area contributed by atoms with Crippen molar-refractivity contribution < 1.29 is 14.7 Å². The number of anilines is 1. The van der Waals surface area contributed by atoms with Crippen molar-refractivity contribution >= 4 is 40.2 Å². The smallest absolute Gasteiger partial charge is 0.303 e. The van der Waals surface area contributed by atoms with Crippen LogP contribution in [0.15, 0.2) is 48.5 Å². The Morgan fingerprint density at radius 2 is 1.62 bits per heavy atom. The Balaban J connectivity index is 1.98. The first kappa shape index (κ1) is 15.5. The van der Waals surface area contributed by atoms with Crippen molar-refractivity contribution in [3.8, 4) is 0 Å². The zero-order valence-corrected chi connectivity index (χ0v) is 13.3. The summed E-state index contributed by atoms with van der Waals surface area (Å²) in [6, 6.07) is 14.5. The SMILES string of the molecule is O=C(O)CCc1ccc(NC(=O)c2ccc(I)cc2)cc1. The van der Waals surface area contributed by atoms with Crippen LogP contribution in [-0.4, -0.2) is 17.0 Å². The first-order valence-corrected chi connectivity index (χ1v) is 7.50. The number of benzene rings is 2. The lowest BCUT2D eigenvalue weighted by atomic mass is 10.1. The standard InChI is InChI=1S/C16H14INO3/c17-13-6-4-12(5-7-13)16(21)18-14-8-1-11(2-9-14)3-10-15(19)20/h1-2,4-9H,3,10H2,(H,18,21)(H,19,20). The topological polar surface area (TPSA) is 66.4 Å². The van der Waals surface area contributed by atoms with Gasteiger partial charge < -0.3 is 10.4 Å². The third-order valence-corrected chi connectivity index (χ3v) is 3.66. The Morgan fingerprint density at radius 3 is 2.19 bits per heavy atom. The van der Waals surface area contributed by atoms with Gasteiger partial charge in [0.2, 0.25) is 0 Å². The molecular weight excluding hydrogens is 381 g/mol. The normalized spacial score (nSPS) is 10.1. The number of amides is 1. The third kappa shape index (κ3) is 4.86. The Kier molecular flexibility index (Phi) is 5.32. The summed E-state index contributed by atoms with van der Waals surface area (Å²) in [5.41, 5.74) is 2.23. The molecule has 2 N–H and O–H groups in total. The van der Waals surface area contributed by atoms with Crippen LogP contribution in [0.25, 0.3) is 0 Å². The van der Waals surface area contributed by atoms with E-state index in [9.17, 15) is 9.59 Å². The Labute approximate surface area is 136 Å². The van der Waals surface area contributed by atoms with E-state index in [1.54, 1.807) is 24.3 Å². The molecule has 5 heteroatoms. The van der Waals surface area contributed by atoms with Gasteiger partial charge in [-0.05, 0) is 71.0 Å². The van der Waals surface area contributed by atoms with Crippen molar-refractivity contribution in [2.45, 2.75) is 12.8 Å². The Bertz CT molecular complexity index is 636. The lowest BCUT2D eigenvalue weighted by Gasteiger charge is -2.06. The van der Waals surface area contributed by atoms with Crippen molar-refractivity contribution in [1.82, 2.24) is 0 Å². The minimum Gasteiger partial charge on any atom is -0.481 e. The minimum absolute atomic E-state index is 0.106. The van der Waals surface area contributed by atoms with Gasteiger partial charge in [0, 0.05) is 21.2 Å². The summed E-state index contributed by atoms with van der Waals surface area (Å²) in [5, 5.41) is 11.4. The first-order valence-electron chi connectivity index (χ1n) is 6.42. The van der Waals surface area contributed by atoms with Crippen molar-refractivity contribution in [3.05, 3.63) is 63.2 Å². The second-order valence-corrected chi connectivity index (χ2v) is 5.80. The molecule has 2 aromatic carbocycles. The number of aryl methyl sites for hydroxylation is 1. The van der Waals surface area contributed by atoms with E-state index in [0.717, 1.165) is 9.13 Å². The van der Waals surface area contributed by atoms with Crippen molar-refractivity contribution in [1.29, 1.82) is 0 Å². The minimum atomic E-state index is -0.814. The molecule has 0 saturated heterocycles. The van der Waals surface area contributed by atoms with Crippen LogP contribution >= 0.6 is 22.6 Å². The lowest BCUT2D eigenvalue weighted by molar-refractivity contribution is -0.136. The zero-order valence-electron chi connectivity index (χ0n) is 11.2. The number of hydrogen-bond acceptors (Lipinski definition) is 2. The van der Waals surface area contributed by atoms with Gasteiger partial charge in [-0.3, -0.25) is 9.59 Å². The second kappa shape index (κ2) is 7.21. The molecule has 21 heavy (non-hydrogen) atoms. The summed E-state index contributed by atoms with van der Waals surface area (Å²) in [5.74, 6) is -0.976. The highest BCUT2D eigenvalue weighted by atomic mass is 127. The molecule has 0 aliphatic heterocycles. The van der Waals surface area contributed by atoms with Crippen molar-refractivity contribution in [2.24, 2.45) is 0 Å². The Hall–Kier alpha value is -1.89. The van der Waals surface area contributed by atoms with Gasteiger partial charge in [-0.15, -0.1) is 0 Å². The molecule has 0 fully saturated rings. The predicted octanol–water partition coefficient (Wildman–Crippen LogP) is 3.56. The molecule has 1 amide bonds. The predicted molar refractivity (Wildman–Crippen MR) is 89.5 cm³/mol. The van der Waals surface area contributed by atoms with Gasteiger partial charge in [0.05, 0.1) is 0 Å². The second-order valence-electron chi connectivity index (χ2n) is 4.55. The first-order chi connectivity index (χ1) is 10.0. The van der Waals surface area contributed by atoms with Crippen LogP contribution in [0, 0.1) is 3.57 Å². The molecule has 0 aromatic heterocycles. The number of hydrogen-bond donors (Lipinski definition) is 2. The highest BCUT2D eigenvalue weighted by Gasteiger charge is 2.06. The molecule has 0 unspecified atom stereocenters. The van der Waals surface area contributed by atoms with E-state index in [1.807, 2.05) is 24.3 Å². The molecule has 0 bridgehead atoms. The monoisotopic (exact) mass is 395 g/mol. The van der Waals surface area contributed by atoms with Crippen LogP contribution in [-0.2, 0) is 11.2 Å². The summed E-state index contributed by atoms with van der Waals surface area (Å²) >= 11 is 2.19. The summed E-state index contributed by atoms with van der Waals surface area (Å²) in [6.07, 6.45) is 0.592. The van der Waals surface area contributed by atoms with E-state index >= 15 is 0 Å².